The molecule has 4 nitrogen and oxygen atoms in total. The van der Waals surface area contributed by atoms with E-state index in [1.54, 1.807) is 0 Å². The maximum atomic E-state index is 13.5. The van der Waals surface area contributed by atoms with Crippen LogP contribution in [0.15, 0.2) is 54.6 Å². The Morgan fingerprint density at radius 1 is 0.944 bits per heavy atom. The lowest BCUT2D eigenvalue weighted by Gasteiger charge is -2.38. The zero-order valence-corrected chi connectivity index (χ0v) is 21.1. The van der Waals surface area contributed by atoms with Gasteiger partial charge in [0.15, 0.2) is 0 Å². The summed E-state index contributed by atoms with van der Waals surface area (Å²) in [6, 6.07) is 15.8. The van der Waals surface area contributed by atoms with E-state index in [1.165, 1.54) is 22.5 Å². The Hall–Kier alpha value is -2.84. The molecule has 194 valence electrons. The van der Waals surface area contributed by atoms with Crippen LogP contribution in [0.4, 0.5) is 28.9 Å². The van der Waals surface area contributed by atoms with E-state index in [0.717, 1.165) is 50.8 Å². The second kappa shape index (κ2) is 11.0. The molecule has 0 radical (unpaired) electrons. The van der Waals surface area contributed by atoms with E-state index in [2.05, 4.69) is 65.6 Å². The molecule has 0 bridgehead atoms. The minimum absolute atomic E-state index is 0.108. The number of likely N-dealkylation sites (N-methyl/N-ethyl adjacent to an activating group) is 1. The number of alkyl halides is 3. The van der Waals surface area contributed by atoms with Gasteiger partial charge in [-0.15, -0.1) is 0 Å². The van der Waals surface area contributed by atoms with E-state index in [0.29, 0.717) is 6.07 Å². The van der Waals surface area contributed by atoms with Crippen molar-refractivity contribution in [3.63, 3.8) is 0 Å². The Labute approximate surface area is 210 Å². The minimum Gasteiger partial charge on any atom is -0.383 e. The highest BCUT2D eigenvalue weighted by molar-refractivity contribution is 6.02. The number of anilines is 2. The molecule has 0 aromatic heterocycles. The van der Waals surface area contributed by atoms with Gasteiger partial charge in [0.1, 0.15) is 5.82 Å². The second-order valence-electron chi connectivity index (χ2n) is 9.84. The first kappa shape index (κ1) is 26.2. The summed E-state index contributed by atoms with van der Waals surface area (Å²) >= 11 is 0. The molecule has 36 heavy (non-hydrogen) atoms. The second-order valence-corrected chi connectivity index (χ2v) is 9.84. The molecule has 4 rings (SSSR count). The molecule has 0 amide bonds. The fraction of sp³-hybridized carbons (Fsp3) is 0.429. The van der Waals surface area contributed by atoms with Gasteiger partial charge in [-0.05, 0) is 63.8 Å². The summed E-state index contributed by atoms with van der Waals surface area (Å²) in [6.45, 7) is 3.58. The monoisotopic (exact) mass is 502 g/mol. The molecular weight excluding hydrogens is 468 g/mol. The topological polar surface area (TPSA) is 21.8 Å². The van der Waals surface area contributed by atoms with Gasteiger partial charge in [-0.1, -0.05) is 30.3 Å². The van der Waals surface area contributed by atoms with Crippen molar-refractivity contribution in [2.75, 3.05) is 57.5 Å². The van der Waals surface area contributed by atoms with Crippen molar-refractivity contribution < 1.29 is 17.6 Å². The molecule has 1 N–H and O–H groups in total. The number of rotatable bonds is 8. The van der Waals surface area contributed by atoms with Crippen molar-refractivity contribution in [2.24, 2.45) is 0 Å². The summed E-state index contributed by atoms with van der Waals surface area (Å²) in [7, 11) is 5.96. The number of hydrogen-bond donors (Lipinski definition) is 1. The first-order valence-electron chi connectivity index (χ1n) is 12.3. The Bertz CT molecular complexity index is 1170. The highest BCUT2D eigenvalue weighted by atomic mass is 19.4. The Balaban J connectivity index is 1.44. The van der Waals surface area contributed by atoms with Crippen LogP contribution in [0.5, 0.6) is 0 Å². The van der Waals surface area contributed by atoms with Gasteiger partial charge in [-0.3, -0.25) is 4.90 Å². The highest BCUT2D eigenvalue weighted by Gasteiger charge is 2.34. The summed E-state index contributed by atoms with van der Waals surface area (Å²) in [5, 5.41) is 5.92. The van der Waals surface area contributed by atoms with E-state index in [9.17, 15) is 17.6 Å². The summed E-state index contributed by atoms with van der Waals surface area (Å²) in [6.07, 6.45) is -2.89. The lowest BCUT2D eigenvalue weighted by atomic mass is 9.99. The van der Waals surface area contributed by atoms with Crippen molar-refractivity contribution in [2.45, 2.75) is 31.6 Å². The summed E-state index contributed by atoms with van der Waals surface area (Å²) < 4.78 is 53.7. The third-order valence-electron chi connectivity index (χ3n) is 7.00. The first-order chi connectivity index (χ1) is 17.1. The summed E-state index contributed by atoms with van der Waals surface area (Å²) in [5.41, 5.74) is 1.52. The average molecular weight is 503 g/mol. The standard InChI is InChI=1S/C28H34F4N4/c1-34(2)17-14-33-26-10-11-27(24-7-5-4-6-23(24)26)36-15-12-22(13-16-36)35(3)19-20-8-9-21(29)18-25(20)28(30,31)32/h4-11,18,22,33H,12-17,19H2,1-3H3. The van der Waals surface area contributed by atoms with Crippen LogP contribution in [0.3, 0.4) is 0 Å². The smallest absolute Gasteiger partial charge is 0.383 e. The molecule has 8 heteroatoms. The SMILES string of the molecule is CN(C)CCNc1ccc(N2CCC(N(C)Cc3ccc(F)cc3C(F)(F)F)CC2)c2ccccc12. The van der Waals surface area contributed by atoms with Gasteiger partial charge < -0.3 is 15.1 Å². The molecule has 3 aromatic carbocycles. The van der Waals surface area contributed by atoms with Crippen LogP contribution in [0.1, 0.15) is 24.0 Å². The van der Waals surface area contributed by atoms with E-state index in [1.807, 2.05) is 11.9 Å². The van der Waals surface area contributed by atoms with Gasteiger partial charge >= 0.3 is 6.18 Å². The molecule has 1 aliphatic heterocycles. The molecule has 1 saturated heterocycles. The predicted octanol–water partition coefficient (Wildman–Crippen LogP) is 6.07. The quantitative estimate of drug-likeness (QED) is 0.377. The third-order valence-corrected chi connectivity index (χ3v) is 7.00. The molecule has 0 unspecified atom stereocenters. The number of piperidine rings is 1. The third kappa shape index (κ3) is 6.10. The Morgan fingerprint density at radius 3 is 2.31 bits per heavy atom. The van der Waals surface area contributed by atoms with Crippen LogP contribution in [-0.2, 0) is 12.7 Å². The molecule has 3 aromatic rings. The number of fused-ring (bicyclic) bond motifs is 1. The number of halogens is 4. The lowest BCUT2D eigenvalue weighted by molar-refractivity contribution is -0.138. The number of nitrogens with zero attached hydrogens (tertiary/aromatic N) is 3. The van der Waals surface area contributed by atoms with Crippen LogP contribution in [-0.4, -0.2) is 63.2 Å². The van der Waals surface area contributed by atoms with Crippen LogP contribution in [0.25, 0.3) is 10.8 Å². The van der Waals surface area contributed by atoms with Gasteiger partial charge in [0.25, 0.3) is 0 Å². The van der Waals surface area contributed by atoms with E-state index >= 15 is 0 Å². The Kier molecular flexibility index (Phi) is 8.05. The molecule has 1 fully saturated rings. The van der Waals surface area contributed by atoms with Crippen molar-refractivity contribution in [3.05, 3.63) is 71.5 Å². The van der Waals surface area contributed by atoms with Crippen molar-refractivity contribution in [1.29, 1.82) is 0 Å². The Morgan fingerprint density at radius 2 is 1.64 bits per heavy atom. The molecule has 1 aliphatic rings. The van der Waals surface area contributed by atoms with Crippen molar-refractivity contribution in [3.8, 4) is 0 Å². The number of hydrogen-bond acceptors (Lipinski definition) is 4. The van der Waals surface area contributed by atoms with E-state index in [-0.39, 0.29) is 18.2 Å². The van der Waals surface area contributed by atoms with Gasteiger partial charge in [0.2, 0.25) is 0 Å². The van der Waals surface area contributed by atoms with Crippen molar-refractivity contribution in [1.82, 2.24) is 9.80 Å². The predicted molar refractivity (Wildman–Crippen MR) is 139 cm³/mol. The highest BCUT2D eigenvalue weighted by Crippen LogP contribution is 2.36. The first-order valence-corrected chi connectivity index (χ1v) is 12.3. The van der Waals surface area contributed by atoms with Crippen LogP contribution in [0, 0.1) is 5.82 Å². The van der Waals surface area contributed by atoms with Gasteiger partial charge in [-0.2, -0.15) is 13.2 Å². The van der Waals surface area contributed by atoms with Crippen LogP contribution in [0.2, 0.25) is 0 Å². The molecule has 0 spiro atoms. The minimum atomic E-state index is -4.57. The number of nitrogens with one attached hydrogen (secondary N) is 1. The normalized spacial score (nSPS) is 15.3. The average Bonchev–Trinajstić information content (AvgIpc) is 2.84. The zero-order chi connectivity index (χ0) is 25.9. The largest absolute Gasteiger partial charge is 0.416 e. The van der Waals surface area contributed by atoms with Crippen molar-refractivity contribution >= 4 is 22.1 Å². The van der Waals surface area contributed by atoms with E-state index in [4.69, 9.17) is 0 Å². The van der Waals surface area contributed by atoms with Crippen LogP contribution >= 0.6 is 0 Å². The molecule has 0 aliphatic carbocycles. The van der Waals surface area contributed by atoms with Gasteiger partial charge in [-0.25, -0.2) is 4.39 Å². The summed E-state index contributed by atoms with van der Waals surface area (Å²) in [4.78, 5) is 6.48. The summed E-state index contributed by atoms with van der Waals surface area (Å²) in [5.74, 6) is -0.867. The van der Waals surface area contributed by atoms with Crippen LogP contribution < -0.4 is 10.2 Å². The molecule has 0 atom stereocenters. The molecular formula is C28H34F4N4. The van der Waals surface area contributed by atoms with Gasteiger partial charge in [0, 0.05) is 60.9 Å². The maximum Gasteiger partial charge on any atom is 0.416 e. The lowest BCUT2D eigenvalue weighted by Crippen LogP contribution is -2.43. The van der Waals surface area contributed by atoms with Gasteiger partial charge in [0.05, 0.1) is 5.56 Å². The van der Waals surface area contributed by atoms with E-state index < -0.39 is 17.6 Å². The number of benzene rings is 3. The zero-order valence-electron chi connectivity index (χ0n) is 21.1. The molecule has 0 saturated carbocycles. The fourth-order valence-corrected chi connectivity index (χ4v) is 5.02. The molecule has 1 heterocycles. The maximum absolute atomic E-state index is 13.5. The fourth-order valence-electron chi connectivity index (χ4n) is 5.02.